The molecule has 1 N–H and O–H groups in total. The number of fused-ring (bicyclic) bond motifs is 1. The van der Waals surface area contributed by atoms with E-state index in [1.54, 1.807) is 18.2 Å². The van der Waals surface area contributed by atoms with Gasteiger partial charge in [0.05, 0.1) is 6.61 Å². The van der Waals surface area contributed by atoms with Crippen molar-refractivity contribution in [1.82, 2.24) is 0 Å². The Labute approximate surface area is 115 Å². The fraction of sp³-hybridized carbons (Fsp3) is 0.200. The van der Waals surface area contributed by atoms with Crippen molar-refractivity contribution in [2.45, 2.75) is 12.5 Å². The van der Waals surface area contributed by atoms with Crippen molar-refractivity contribution in [2.24, 2.45) is 0 Å². The van der Waals surface area contributed by atoms with Gasteiger partial charge in [-0.2, -0.15) is 0 Å². The smallest absolute Gasteiger partial charge is 0.130 e. The summed E-state index contributed by atoms with van der Waals surface area (Å²) in [5.41, 5.74) is 1.77. The van der Waals surface area contributed by atoms with Crippen LogP contribution >= 0.6 is 11.6 Å². The third-order valence-corrected chi connectivity index (χ3v) is 3.63. The maximum Gasteiger partial charge on any atom is 0.130 e. The Morgan fingerprint density at radius 1 is 1.26 bits per heavy atom. The van der Waals surface area contributed by atoms with Gasteiger partial charge in [0.15, 0.2) is 0 Å². The van der Waals surface area contributed by atoms with E-state index in [0.29, 0.717) is 12.2 Å². The number of aliphatic hydroxyl groups is 1. The number of hydrogen-bond donors (Lipinski definition) is 1. The SMILES string of the molecule is OC(c1ccc2c(c1)CCO2)c1c(F)cccc1Cl. The van der Waals surface area contributed by atoms with E-state index in [0.717, 1.165) is 17.7 Å². The summed E-state index contributed by atoms with van der Waals surface area (Å²) < 4.78 is 19.2. The van der Waals surface area contributed by atoms with Gasteiger partial charge < -0.3 is 9.84 Å². The summed E-state index contributed by atoms with van der Waals surface area (Å²) in [5.74, 6) is 0.326. The van der Waals surface area contributed by atoms with Crippen LogP contribution in [-0.2, 0) is 6.42 Å². The van der Waals surface area contributed by atoms with Crippen LogP contribution in [0.15, 0.2) is 36.4 Å². The van der Waals surface area contributed by atoms with Gasteiger partial charge in [-0.15, -0.1) is 0 Å². The summed E-state index contributed by atoms with van der Waals surface area (Å²) in [4.78, 5) is 0. The van der Waals surface area contributed by atoms with Gasteiger partial charge in [0.25, 0.3) is 0 Å². The standard InChI is InChI=1S/C15H12ClFO2/c16-11-2-1-3-12(17)14(11)15(18)10-4-5-13-9(8-10)6-7-19-13/h1-5,8,15,18H,6-7H2. The molecule has 0 bridgehead atoms. The average Bonchev–Trinajstić information content (AvgIpc) is 2.85. The van der Waals surface area contributed by atoms with E-state index >= 15 is 0 Å². The quantitative estimate of drug-likeness (QED) is 0.911. The fourth-order valence-corrected chi connectivity index (χ4v) is 2.58. The molecule has 0 spiro atoms. The van der Waals surface area contributed by atoms with Crippen molar-refractivity contribution in [2.75, 3.05) is 6.61 Å². The number of halogens is 2. The van der Waals surface area contributed by atoms with Gasteiger partial charge in [-0.3, -0.25) is 0 Å². The minimum Gasteiger partial charge on any atom is -0.493 e. The Kier molecular flexibility index (Phi) is 3.17. The van der Waals surface area contributed by atoms with Crippen LogP contribution in [0.3, 0.4) is 0 Å². The third-order valence-electron chi connectivity index (χ3n) is 3.30. The van der Waals surface area contributed by atoms with Gasteiger partial charge in [-0.25, -0.2) is 4.39 Å². The topological polar surface area (TPSA) is 29.5 Å². The molecule has 4 heteroatoms. The summed E-state index contributed by atoms with van der Waals surface area (Å²) in [6.07, 6.45) is -0.263. The molecule has 1 aliphatic heterocycles. The zero-order valence-electron chi connectivity index (χ0n) is 10.1. The van der Waals surface area contributed by atoms with Crippen molar-refractivity contribution >= 4 is 11.6 Å². The van der Waals surface area contributed by atoms with Crippen LogP contribution in [0.5, 0.6) is 5.75 Å². The van der Waals surface area contributed by atoms with Crippen molar-refractivity contribution in [1.29, 1.82) is 0 Å². The predicted molar refractivity (Wildman–Crippen MR) is 71.1 cm³/mol. The summed E-state index contributed by atoms with van der Waals surface area (Å²) in [6, 6.07) is 9.76. The zero-order valence-corrected chi connectivity index (χ0v) is 10.8. The molecule has 1 atom stereocenters. The highest BCUT2D eigenvalue weighted by molar-refractivity contribution is 6.31. The molecule has 98 valence electrons. The minimum atomic E-state index is -1.07. The van der Waals surface area contributed by atoms with Crippen molar-refractivity contribution in [3.05, 3.63) is 63.9 Å². The average molecular weight is 279 g/mol. The van der Waals surface area contributed by atoms with Crippen LogP contribution in [0.4, 0.5) is 4.39 Å². The predicted octanol–water partition coefficient (Wildman–Crippen LogP) is 3.50. The first-order valence-corrected chi connectivity index (χ1v) is 6.42. The minimum absolute atomic E-state index is 0.114. The van der Waals surface area contributed by atoms with Crippen LogP contribution < -0.4 is 4.74 Å². The molecule has 0 radical (unpaired) electrons. The number of ether oxygens (including phenoxy) is 1. The molecular weight excluding hydrogens is 267 g/mol. The van der Waals surface area contributed by atoms with Crippen LogP contribution in [-0.4, -0.2) is 11.7 Å². The lowest BCUT2D eigenvalue weighted by atomic mass is 9.98. The summed E-state index contributed by atoms with van der Waals surface area (Å²) in [7, 11) is 0. The molecule has 19 heavy (non-hydrogen) atoms. The maximum atomic E-state index is 13.8. The summed E-state index contributed by atoms with van der Waals surface area (Å²) >= 11 is 5.97. The van der Waals surface area contributed by atoms with E-state index in [-0.39, 0.29) is 10.6 Å². The van der Waals surface area contributed by atoms with Crippen LogP contribution in [0, 0.1) is 5.82 Å². The van der Waals surface area contributed by atoms with Gasteiger partial charge in [0.1, 0.15) is 17.7 Å². The molecule has 0 amide bonds. The first-order chi connectivity index (χ1) is 9.16. The Morgan fingerprint density at radius 3 is 2.89 bits per heavy atom. The number of aliphatic hydroxyl groups excluding tert-OH is 1. The van der Waals surface area contributed by atoms with Gasteiger partial charge in [0, 0.05) is 17.0 Å². The molecule has 1 unspecified atom stereocenters. The lowest BCUT2D eigenvalue weighted by molar-refractivity contribution is 0.215. The maximum absolute atomic E-state index is 13.8. The monoisotopic (exact) mass is 278 g/mol. The molecule has 0 aliphatic carbocycles. The molecule has 1 aliphatic rings. The van der Waals surface area contributed by atoms with Gasteiger partial charge in [-0.1, -0.05) is 23.7 Å². The van der Waals surface area contributed by atoms with E-state index in [9.17, 15) is 9.50 Å². The third kappa shape index (κ3) is 2.20. The molecule has 0 saturated carbocycles. The molecule has 2 nitrogen and oxygen atoms in total. The van der Waals surface area contributed by atoms with Crippen molar-refractivity contribution in [3.8, 4) is 5.75 Å². The fourth-order valence-electron chi connectivity index (χ4n) is 2.32. The summed E-state index contributed by atoms with van der Waals surface area (Å²) in [5, 5.41) is 10.5. The number of benzene rings is 2. The van der Waals surface area contributed by atoms with Crippen LogP contribution in [0.25, 0.3) is 0 Å². The van der Waals surface area contributed by atoms with Crippen molar-refractivity contribution in [3.63, 3.8) is 0 Å². The molecule has 3 rings (SSSR count). The Bertz CT molecular complexity index is 607. The molecule has 0 saturated heterocycles. The molecule has 0 fully saturated rings. The second-order valence-corrected chi connectivity index (χ2v) is 4.91. The number of rotatable bonds is 2. The van der Waals surface area contributed by atoms with E-state index in [1.807, 2.05) is 6.07 Å². The Balaban J connectivity index is 2.02. The Morgan fingerprint density at radius 2 is 2.11 bits per heavy atom. The van der Waals surface area contributed by atoms with E-state index in [2.05, 4.69) is 0 Å². The highest BCUT2D eigenvalue weighted by Gasteiger charge is 2.21. The normalized spacial score (nSPS) is 14.9. The zero-order chi connectivity index (χ0) is 13.4. The highest BCUT2D eigenvalue weighted by atomic mass is 35.5. The van der Waals surface area contributed by atoms with E-state index in [4.69, 9.17) is 16.3 Å². The van der Waals surface area contributed by atoms with Crippen LogP contribution in [0.2, 0.25) is 5.02 Å². The number of hydrogen-bond acceptors (Lipinski definition) is 2. The molecule has 2 aromatic rings. The van der Waals surface area contributed by atoms with Gasteiger partial charge in [0.2, 0.25) is 0 Å². The first-order valence-electron chi connectivity index (χ1n) is 6.04. The summed E-state index contributed by atoms with van der Waals surface area (Å²) in [6.45, 7) is 0.648. The van der Waals surface area contributed by atoms with Gasteiger partial charge in [-0.05, 0) is 35.4 Å². The van der Waals surface area contributed by atoms with Gasteiger partial charge >= 0.3 is 0 Å². The van der Waals surface area contributed by atoms with Crippen molar-refractivity contribution < 1.29 is 14.2 Å². The Hall–Kier alpha value is -1.58. The van der Waals surface area contributed by atoms with E-state index < -0.39 is 11.9 Å². The molecular formula is C15H12ClFO2. The largest absolute Gasteiger partial charge is 0.493 e. The molecule has 1 heterocycles. The first kappa shape index (κ1) is 12.5. The lowest BCUT2D eigenvalue weighted by Gasteiger charge is -2.14. The van der Waals surface area contributed by atoms with Crippen LogP contribution in [0.1, 0.15) is 22.8 Å². The highest BCUT2D eigenvalue weighted by Crippen LogP contribution is 2.34. The molecule has 0 aromatic heterocycles. The second-order valence-electron chi connectivity index (χ2n) is 4.50. The molecule has 2 aromatic carbocycles. The second kappa shape index (κ2) is 4.83. The van der Waals surface area contributed by atoms with E-state index in [1.165, 1.54) is 12.1 Å². The lowest BCUT2D eigenvalue weighted by Crippen LogP contribution is -2.04.